The normalized spacial score (nSPS) is 15.4. The Kier molecular flexibility index (Phi) is 8.02. The molecular weight excluding hydrogens is 529 g/mol. The fourth-order valence-electron chi connectivity index (χ4n) is 4.90. The maximum Gasteiger partial charge on any atom is 0.405 e. The molecule has 40 heavy (non-hydrogen) atoms. The molecule has 14 heteroatoms. The zero-order chi connectivity index (χ0) is 29.2. The molecule has 0 bridgehead atoms. The summed E-state index contributed by atoms with van der Waals surface area (Å²) in [5.74, 6) is 4.65. The van der Waals surface area contributed by atoms with Crippen molar-refractivity contribution >= 4 is 22.8 Å². The molecule has 1 amide bonds. The molecule has 1 aliphatic rings. The van der Waals surface area contributed by atoms with Crippen LogP contribution in [0.25, 0.3) is 11.0 Å². The van der Waals surface area contributed by atoms with Gasteiger partial charge in [-0.1, -0.05) is 5.92 Å². The van der Waals surface area contributed by atoms with Gasteiger partial charge in [0.1, 0.15) is 29.5 Å². The van der Waals surface area contributed by atoms with Crippen LogP contribution in [0, 0.1) is 23.2 Å². The molecule has 0 radical (unpaired) electrons. The molecular formula is C26H27F3N8O3. The highest BCUT2D eigenvalue weighted by Crippen LogP contribution is 2.33. The molecule has 0 saturated carbocycles. The van der Waals surface area contributed by atoms with Gasteiger partial charge in [-0.3, -0.25) is 23.7 Å². The number of aryl methyl sites for hydroxylation is 1. The lowest BCUT2D eigenvalue weighted by molar-refractivity contribution is -0.123. The van der Waals surface area contributed by atoms with Crippen LogP contribution in [-0.4, -0.2) is 56.4 Å². The minimum Gasteiger partial charge on any atom is -0.356 e. The van der Waals surface area contributed by atoms with Gasteiger partial charge in [-0.2, -0.15) is 18.4 Å². The van der Waals surface area contributed by atoms with Crippen molar-refractivity contribution in [3.8, 4) is 17.9 Å². The predicted octanol–water partition coefficient (Wildman–Crippen LogP) is 1.06. The number of pyridine rings is 1. The molecule has 1 aliphatic heterocycles. The second-order valence-corrected chi connectivity index (χ2v) is 9.40. The summed E-state index contributed by atoms with van der Waals surface area (Å²) in [6.07, 6.45) is -1.91. The van der Waals surface area contributed by atoms with E-state index in [1.54, 1.807) is 17.9 Å². The Morgan fingerprint density at radius 3 is 2.67 bits per heavy atom. The molecule has 4 heterocycles. The Morgan fingerprint density at radius 2 is 2.02 bits per heavy atom. The van der Waals surface area contributed by atoms with E-state index in [9.17, 15) is 32.8 Å². The number of alkyl halides is 3. The molecule has 210 valence electrons. The number of hydrogen-bond donors (Lipinski definition) is 2. The zero-order valence-electron chi connectivity index (χ0n) is 21.9. The first-order chi connectivity index (χ1) is 19.0. The molecule has 1 saturated heterocycles. The van der Waals surface area contributed by atoms with Crippen LogP contribution in [0.2, 0.25) is 0 Å². The van der Waals surface area contributed by atoms with Crippen LogP contribution in [0.4, 0.5) is 19.0 Å². The minimum absolute atomic E-state index is 0.0822. The Balaban J connectivity index is 2.06. The van der Waals surface area contributed by atoms with Gasteiger partial charge < -0.3 is 20.5 Å². The average molecular weight is 557 g/mol. The van der Waals surface area contributed by atoms with Crippen LogP contribution in [0.3, 0.4) is 0 Å². The molecule has 4 rings (SSSR count). The van der Waals surface area contributed by atoms with Gasteiger partial charge in [0.2, 0.25) is 0 Å². The average Bonchev–Trinajstić information content (AvgIpc) is 3.26. The molecule has 0 unspecified atom stereocenters. The third-order valence-electron chi connectivity index (χ3n) is 6.68. The third kappa shape index (κ3) is 5.44. The summed E-state index contributed by atoms with van der Waals surface area (Å²) >= 11 is 0. The van der Waals surface area contributed by atoms with E-state index in [4.69, 9.17) is 5.73 Å². The molecule has 3 aromatic rings. The summed E-state index contributed by atoms with van der Waals surface area (Å²) in [7, 11) is 1.33. The third-order valence-corrected chi connectivity index (χ3v) is 6.68. The van der Waals surface area contributed by atoms with Crippen LogP contribution < -0.4 is 27.2 Å². The van der Waals surface area contributed by atoms with Crippen molar-refractivity contribution < 1.29 is 18.0 Å². The van der Waals surface area contributed by atoms with Gasteiger partial charge in [-0.15, -0.1) is 5.92 Å². The summed E-state index contributed by atoms with van der Waals surface area (Å²) < 4.78 is 42.5. The highest BCUT2D eigenvalue weighted by Gasteiger charge is 2.35. The van der Waals surface area contributed by atoms with Crippen molar-refractivity contribution in [3.63, 3.8) is 0 Å². The number of nitrogens with one attached hydrogen (secondary N) is 1. The van der Waals surface area contributed by atoms with Crippen LogP contribution >= 0.6 is 0 Å². The van der Waals surface area contributed by atoms with E-state index in [2.05, 4.69) is 16.8 Å². The first kappa shape index (κ1) is 28.4. The molecule has 1 atom stereocenters. The second kappa shape index (κ2) is 11.3. The van der Waals surface area contributed by atoms with Gasteiger partial charge in [0.15, 0.2) is 0 Å². The van der Waals surface area contributed by atoms with Crippen molar-refractivity contribution in [3.05, 3.63) is 56.0 Å². The molecule has 3 N–H and O–H groups in total. The van der Waals surface area contributed by atoms with Crippen molar-refractivity contribution in [2.45, 2.75) is 45.1 Å². The minimum atomic E-state index is -4.69. The van der Waals surface area contributed by atoms with E-state index in [1.807, 2.05) is 11.4 Å². The van der Waals surface area contributed by atoms with Crippen molar-refractivity contribution in [1.29, 1.82) is 5.26 Å². The number of piperidine rings is 1. The summed E-state index contributed by atoms with van der Waals surface area (Å²) in [6.45, 7) is 0.254. The fourth-order valence-corrected chi connectivity index (χ4v) is 4.90. The number of nitrogens with zero attached hydrogens (tertiary/aromatic N) is 6. The van der Waals surface area contributed by atoms with Crippen LogP contribution in [0.1, 0.15) is 41.4 Å². The number of carbonyl (C=O) groups excluding carboxylic acids is 1. The summed E-state index contributed by atoms with van der Waals surface area (Å²) in [6, 6.07) is 4.73. The summed E-state index contributed by atoms with van der Waals surface area (Å²) in [4.78, 5) is 46.7. The fraction of sp³-hybridized carbons (Fsp3) is 0.423. The molecule has 0 aliphatic carbocycles. The number of fused-ring (bicyclic) bond motifs is 1. The number of hydrogen-bond acceptors (Lipinski definition) is 7. The first-order valence-electron chi connectivity index (χ1n) is 12.4. The highest BCUT2D eigenvalue weighted by atomic mass is 19.4. The van der Waals surface area contributed by atoms with E-state index in [0.29, 0.717) is 19.4 Å². The van der Waals surface area contributed by atoms with Crippen LogP contribution in [0.5, 0.6) is 0 Å². The predicted molar refractivity (Wildman–Crippen MR) is 141 cm³/mol. The van der Waals surface area contributed by atoms with Crippen molar-refractivity contribution in [2.24, 2.45) is 12.8 Å². The van der Waals surface area contributed by atoms with Gasteiger partial charge in [0, 0.05) is 32.4 Å². The van der Waals surface area contributed by atoms with Crippen LogP contribution in [-0.2, 0) is 20.1 Å². The van der Waals surface area contributed by atoms with Crippen LogP contribution in [0.15, 0.2) is 27.9 Å². The van der Waals surface area contributed by atoms with Gasteiger partial charge in [0.05, 0.1) is 29.9 Å². The molecule has 0 spiro atoms. The maximum atomic E-state index is 14.0. The lowest BCUT2D eigenvalue weighted by Gasteiger charge is -2.33. The molecule has 0 aromatic carbocycles. The van der Waals surface area contributed by atoms with E-state index in [1.165, 1.54) is 23.9 Å². The number of nitrogens with two attached hydrogens (primary N) is 1. The highest BCUT2D eigenvalue weighted by molar-refractivity contribution is 6.11. The van der Waals surface area contributed by atoms with Gasteiger partial charge in [-0.05, 0) is 31.9 Å². The number of anilines is 1. The van der Waals surface area contributed by atoms with Gasteiger partial charge in [-0.25, -0.2) is 4.79 Å². The number of amides is 1. The maximum absolute atomic E-state index is 14.0. The van der Waals surface area contributed by atoms with Crippen molar-refractivity contribution in [2.75, 3.05) is 24.5 Å². The van der Waals surface area contributed by atoms with Gasteiger partial charge in [0.25, 0.3) is 11.5 Å². The smallest absolute Gasteiger partial charge is 0.356 e. The lowest BCUT2D eigenvalue weighted by Crippen LogP contribution is -2.44. The SMILES string of the molecule is CC#CCn1c(N2CCC[C@@H](N)C2)c(C(=O)NCC(F)(F)F)c2c1c(=O)n(Cc1ncccc1C#N)c(=O)n2C. The number of carbonyl (C=O) groups is 1. The quantitative estimate of drug-likeness (QED) is 0.432. The number of nitriles is 1. The topological polar surface area (TPSA) is 144 Å². The monoisotopic (exact) mass is 556 g/mol. The lowest BCUT2D eigenvalue weighted by atomic mass is 10.1. The molecule has 3 aromatic heterocycles. The van der Waals surface area contributed by atoms with Crippen molar-refractivity contribution in [1.82, 2.24) is 24.0 Å². The number of halogens is 3. The van der Waals surface area contributed by atoms with E-state index < -0.39 is 29.9 Å². The summed E-state index contributed by atoms with van der Waals surface area (Å²) in [5.41, 5.74) is 4.43. The van der Waals surface area contributed by atoms with E-state index in [-0.39, 0.29) is 59.3 Å². The summed E-state index contributed by atoms with van der Waals surface area (Å²) in [5, 5.41) is 11.3. The van der Waals surface area contributed by atoms with E-state index in [0.717, 1.165) is 9.13 Å². The number of aromatic nitrogens is 4. The van der Waals surface area contributed by atoms with E-state index >= 15 is 0 Å². The largest absolute Gasteiger partial charge is 0.405 e. The van der Waals surface area contributed by atoms with Gasteiger partial charge >= 0.3 is 11.9 Å². The molecule has 1 fully saturated rings. The number of rotatable bonds is 6. The Morgan fingerprint density at radius 1 is 1.27 bits per heavy atom. The molecule has 11 nitrogen and oxygen atoms in total. The first-order valence-corrected chi connectivity index (χ1v) is 12.4. The second-order valence-electron chi connectivity index (χ2n) is 9.40. The standard InChI is InChI=1S/C26H27F3N8O3/c1-3-4-11-36-21-20(34(2)25(40)37(24(21)39)14-18-16(12-30)7-5-9-32-18)19(22(38)33-15-26(27,28)29)23(36)35-10-6-8-17(31)13-35/h5,7,9,17H,6,8,10-11,13-15,31H2,1-2H3,(H,33,38)/t17-/m1/s1. The Bertz CT molecular complexity index is 1680. The Hall–Kier alpha value is -4.56. The Labute approximate surface area is 226 Å². The zero-order valence-corrected chi connectivity index (χ0v) is 21.9.